The number of esters is 1. The standard InChI is InChI=1S/C32H63NO4/c1-4-6-8-10-12-14-16-18-20-22-24-26-28-33-32(35)30(36-3)29-37-31(34)27-25-23-21-19-17-15-13-11-9-7-5-2/h30H,4-29H2,1-3H3,(H,33,35)/t30-/m0/s1. The molecule has 0 bridgehead atoms. The maximum absolute atomic E-state index is 12.3. The lowest BCUT2D eigenvalue weighted by atomic mass is 10.1. The van der Waals surface area contributed by atoms with Crippen molar-refractivity contribution >= 4 is 11.9 Å². The van der Waals surface area contributed by atoms with Gasteiger partial charge in [-0.25, -0.2) is 0 Å². The second kappa shape index (κ2) is 29.5. The highest BCUT2D eigenvalue weighted by Crippen LogP contribution is 2.13. The van der Waals surface area contributed by atoms with Crippen LogP contribution in [0.15, 0.2) is 0 Å². The van der Waals surface area contributed by atoms with Crippen LogP contribution in [0.25, 0.3) is 0 Å². The number of hydrogen-bond donors (Lipinski definition) is 1. The Bertz CT molecular complexity index is 497. The Hall–Kier alpha value is -1.10. The average Bonchev–Trinajstić information content (AvgIpc) is 2.90. The van der Waals surface area contributed by atoms with Gasteiger partial charge in [-0.15, -0.1) is 0 Å². The first kappa shape index (κ1) is 35.9. The van der Waals surface area contributed by atoms with Crippen LogP contribution in [-0.2, 0) is 19.1 Å². The Morgan fingerprint density at radius 1 is 0.568 bits per heavy atom. The van der Waals surface area contributed by atoms with Crippen LogP contribution in [0.4, 0.5) is 0 Å². The van der Waals surface area contributed by atoms with Gasteiger partial charge in [-0.2, -0.15) is 0 Å². The zero-order valence-corrected chi connectivity index (χ0v) is 25.1. The van der Waals surface area contributed by atoms with Crippen LogP contribution in [0.2, 0.25) is 0 Å². The van der Waals surface area contributed by atoms with Gasteiger partial charge in [-0.05, 0) is 12.8 Å². The first-order chi connectivity index (χ1) is 18.2. The van der Waals surface area contributed by atoms with E-state index < -0.39 is 6.10 Å². The molecule has 0 aromatic heterocycles. The van der Waals surface area contributed by atoms with Crippen LogP contribution in [0.5, 0.6) is 0 Å². The minimum Gasteiger partial charge on any atom is -0.462 e. The first-order valence-corrected chi connectivity index (χ1v) is 16.1. The molecule has 0 aromatic carbocycles. The molecule has 0 unspecified atom stereocenters. The van der Waals surface area contributed by atoms with E-state index in [0.29, 0.717) is 13.0 Å². The molecule has 0 radical (unpaired) electrons. The van der Waals surface area contributed by atoms with Gasteiger partial charge in [0.2, 0.25) is 0 Å². The first-order valence-electron chi connectivity index (χ1n) is 16.1. The Labute approximate surface area is 230 Å². The van der Waals surface area contributed by atoms with Crippen molar-refractivity contribution in [3.05, 3.63) is 0 Å². The van der Waals surface area contributed by atoms with Gasteiger partial charge in [-0.1, -0.05) is 149 Å². The zero-order chi connectivity index (χ0) is 27.2. The number of ether oxygens (including phenoxy) is 2. The summed E-state index contributed by atoms with van der Waals surface area (Å²) in [5.74, 6) is -0.417. The van der Waals surface area contributed by atoms with Crippen LogP contribution >= 0.6 is 0 Å². The number of methoxy groups -OCH3 is 1. The molecule has 1 amide bonds. The second-order valence-corrected chi connectivity index (χ2v) is 10.9. The number of hydrogen-bond acceptors (Lipinski definition) is 4. The fraction of sp³-hybridized carbons (Fsp3) is 0.938. The summed E-state index contributed by atoms with van der Waals surface area (Å²) in [5, 5.41) is 2.93. The van der Waals surface area contributed by atoms with Crippen molar-refractivity contribution in [1.29, 1.82) is 0 Å². The maximum atomic E-state index is 12.3. The van der Waals surface area contributed by atoms with Gasteiger partial charge >= 0.3 is 5.97 Å². The quantitative estimate of drug-likeness (QED) is 0.0781. The predicted molar refractivity (Wildman–Crippen MR) is 157 cm³/mol. The van der Waals surface area contributed by atoms with Crippen molar-refractivity contribution in [3.8, 4) is 0 Å². The van der Waals surface area contributed by atoms with Gasteiger partial charge in [0.05, 0.1) is 0 Å². The van der Waals surface area contributed by atoms with E-state index >= 15 is 0 Å². The van der Waals surface area contributed by atoms with Crippen molar-refractivity contribution < 1.29 is 19.1 Å². The highest BCUT2D eigenvalue weighted by atomic mass is 16.6. The van der Waals surface area contributed by atoms with Crippen molar-refractivity contribution in [2.45, 2.75) is 174 Å². The SMILES string of the molecule is CCCCCCCCCCCCCCNC(=O)[C@H](COC(=O)CCCCCCCCCCCCC)OC. The maximum Gasteiger partial charge on any atom is 0.305 e. The lowest BCUT2D eigenvalue weighted by Crippen LogP contribution is -2.39. The normalized spacial score (nSPS) is 12.0. The fourth-order valence-corrected chi connectivity index (χ4v) is 4.72. The van der Waals surface area contributed by atoms with E-state index in [0.717, 1.165) is 25.7 Å². The summed E-state index contributed by atoms with van der Waals surface area (Å²) in [7, 11) is 1.49. The van der Waals surface area contributed by atoms with E-state index in [1.807, 2.05) is 0 Å². The average molecular weight is 526 g/mol. The highest BCUT2D eigenvalue weighted by Gasteiger charge is 2.19. The van der Waals surface area contributed by atoms with Gasteiger partial charge in [-0.3, -0.25) is 9.59 Å². The summed E-state index contributed by atoms with van der Waals surface area (Å²) < 4.78 is 10.6. The molecule has 0 aliphatic rings. The molecular formula is C32H63NO4. The van der Waals surface area contributed by atoms with Crippen molar-refractivity contribution in [3.63, 3.8) is 0 Å². The smallest absolute Gasteiger partial charge is 0.305 e. The van der Waals surface area contributed by atoms with E-state index in [9.17, 15) is 9.59 Å². The summed E-state index contributed by atoms with van der Waals surface area (Å²) in [5.41, 5.74) is 0. The van der Waals surface area contributed by atoms with Crippen molar-refractivity contribution in [2.24, 2.45) is 0 Å². The Morgan fingerprint density at radius 2 is 0.946 bits per heavy atom. The molecule has 5 nitrogen and oxygen atoms in total. The molecule has 0 aromatic rings. The highest BCUT2D eigenvalue weighted by molar-refractivity contribution is 5.81. The van der Waals surface area contributed by atoms with Crippen LogP contribution in [0.3, 0.4) is 0 Å². The molecule has 220 valence electrons. The summed E-state index contributed by atoms with van der Waals surface area (Å²) in [6, 6.07) is 0. The van der Waals surface area contributed by atoms with Crippen molar-refractivity contribution in [2.75, 3.05) is 20.3 Å². The van der Waals surface area contributed by atoms with E-state index in [1.54, 1.807) is 0 Å². The Balaban J connectivity index is 3.56. The summed E-state index contributed by atoms with van der Waals surface area (Å²) in [4.78, 5) is 24.3. The zero-order valence-electron chi connectivity index (χ0n) is 25.1. The molecule has 5 heteroatoms. The molecule has 0 aliphatic heterocycles. The number of carbonyl (C=O) groups is 2. The van der Waals surface area contributed by atoms with Crippen LogP contribution < -0.4 is 5.32 Å². The third-order valence-corrected chi connectivity index (χ3v) is 7.29. The molecule has 0 heterocycles. The molecule has 1 N–H and O–H groups in total. The van der Waals surface area contributed by atoms with E-state index in [-0.39, 0.29) is 18.5 Å². The van der Waals surface area contributed by atoms with Gasteiger partial charge in [0.15, 0.2) is 6.10 Å². The molecule has 0 saturated carbocycles. The van der Waals surface area contributed by atoms with Crippen LogP contribution in [-0.4, -0.2) is 38.2 Å². The van der Waals surface area contributed by atoms with Gasteiger partial charge in [0.1, 0.15) is 6.61 Å². The van der Waals surface area contributed by atoms with Gasteiger partial charge < -0.3 is 14.8 Å². The minimum absolute atomic E-state index is 0.00234. The molecule has 1 atom stereocenters. The topological polar surface area (TPSA) is 64.6 Å². The molecule has 0 fully saturated rings. The summed E-state index contributed by atoms with van der Waals surface area (Å²) in [6.45, 7) is 5.17. The number of rotatable bonds is 29. The lowest BCUT2D eigenvalue weighted by molar-refractivity contribution is -0.150. The van der Waals surface area contributed by atoms with E-state index in [4.69, 9.17) is 9.47 Å². The van der Waals surface area contributed by atoms with E-state index in [2.05, 4.69) is 19.2 Å². The number of amides is 1. The predicted octanol–water partition coefficient (Wildman–Crippen LogP) is 9.06. The van der Waals surface area contributed by atoms with Crippen LogP contribution in [0, 0.1) is 0 Å². The monoisotopic (exact) mass is 525 g/mol. The largest absolute Gasteiger partial charge is 0.462 e. The fourth-order valence-electron chi connectivity index (χ4n) is 4.72. The molecule has 37 heavy (non-hydrogen) atoms. The molecule has 0 spiro atoms. The molecule has 0 aliphatic carbocycles. The molecular weight excluding hydrogens is 462 g/mol. The third kappa shape index (κ3) is 26.3. The number of unbranched alkanes of at least 4 members (excludes halogenated alkanes) is 21. The Morgan fingerprint density at radius 3 is 1.35 bits per heavy atom. The summed E-state index contributed by atoms with van der Waals surface area (Å²) >= 11 is 0. The minimum atomic E-state index is -0.724. The second-order valence-electron chi connectivity index (χ2n) is 10.9. The molecule has 0 rings (SSSR count). The number of carbonyl (C=O) groups excluding carboxylic acids is 2. The number of nitrogens with one attached hydrogen (secondary N) is 1. The third-order valence-electron chi connectivity index (χ3n) is 7.29. The van der Waals surface area contributed by atoms with Gasteiger partial charge in [0.25, 0.3) is 5.91 Å². The molecule has 0 saturated heterocycles. The van der Waals surface area contributed by atoms with Crippen molar-refractivity contribution in [1.82, 2.24) is 5.32 Å². The summed E-state index contributed by atoms with van der Waals surface area (Å²) in [6.07, 6.45) is 29.1. The van der Waals surface area contributed by atoms with Crippen LogP contribution in [0.1, 0.15) is 168 Å². The van der Waals surface area contributed by atoms with E-state index in [1.165, 1.54) is 129 Å². The van der Waals surface area contributed by atoms with Gasteiger partial charge in [0, 0.05) is 20.1 Å². The Kier molecular flexibility index (Phi) is 28.6. The lowest BCUT2D eigenvalue weighted by Gasteiger charge is -2.15.